The molecule has 19 heavy (non-hydrogen) atoms. The van der Waals surface area contributed by atoms with Crippen LogP contribution in [0.25, 0.3) is 10.8 Å². The zero-order valence-electron chi connectivity index (χ0n) is 9.69. The maximum atomic E-state index is 11.3. The number of methoxy groups -OCH3 is 1. The molecule has 0 spiro atoms. The Morgan fingerprint density at radius 1 is 1.32 bits per heavy atom. The van der Waals surface area contributed by atoms with Crippen LogP contribution in [-0.2, 0) is 10.1 Å². The normalized spacial score (nSPS) is 11.5. The minimum absolute atomic E-state index is 0.00488. The quantitative estimate of drug-likeness (QED) is 0.659. The van der Waals surface area contributed by atoms with Crippen LogP contribution >= 0.6 is 0 Å². The van der Waals surface area contributed by atoms with E-state index < -0.39 is 26.5 Å². The van der Waals surface area contributed by atoms with Crippen LogP contribution in [0.2, 0.25) is 0 Å². The van der Waals surface area contributed by atoms with Gasteiger partial charge in [0, 0.05) is 5.39 Å². The maximum Gasteiger partial charge on any atom is 0.295 e. The standard InChI is InChI=1S/C11H9NO6S/c1-18-8-4-2-3-6-9(19(15,16)17)5-7(12-14)11(13)10(6)8/h2-5,13H,1H3,(H,15,16,17). The topological polar surface area (TPSA) is 113 Å². The maximum absolute atomic E-state index is 11.3. The predicted molar refractivity (Wildman–Crippen MR) is 67.4 cm³/mol. The Morgan fingerprint density at radius 2 is 2.00 bits per heavy atom. The Hall–Kier alpha value is -2.19. The molecule has 100 valence electrons. The number of ether oxygens (including phenoxy) is 1. The van der Waals surface area contributed by atoms with Crippen LogP contribution in [0.5, 0.6) is 11.5 Å². The summed E-state index contributed by atoms with van der Waals surface area (Å²) in [5, 5.41) is 12.5. The van der Waals surface area contributed by atoms with E-state index in [0.29, 0.717) is 0 Å². The summed E-state index contributed by atoms with van der Waals surface area (Å²) in [6.45, 7) is 0. The fourth-order valence-electron chi connectivity index (χ4n) is 1.83. The molecule has 2 N–H and O–H groups in total. The summed E-state index contributed by atoms with van der Waals surface area (Å²) in [5.41, 5.74) is -0.496. The van der Waals surface area contributed by atoms with Crippen molar-refractivity contribution in [2.75, 3.05) is 7.11 Å². The molecule has 2 rings (SSSR count). The number of fused-ring (bicyclic) bond motifs is 1. The number of rotatable bonds is 3. The predicted octanol–water partition coefficient (Wildman–Crippen LogP) is 2.20. The first-order chi connectivity index (χ1) is 8.90. The fourth-order valence-corrected chi connectivity index (χ4v) is 2.54. The summed E-state index contributed by atoms with van der Waals surface area (Å²) in [7, 11) is -3.25. The first kappa shape index (κ1) is 13.2. The molecular formula is C11H9NO6S. The van der Waals surface area contributed by atoms with Crippen LogP contribution in [0.1, 0.15) is 0 Å². The highest BCUT2D eigenvalue weighted by molar-refractivity contribution is 7.86. The molecule has 2 aromatic rings. The van der Waals surface area contributed by atoms with Crippen molar-refractivity contribution in [1.29, 1.82) is 0 Å². The van der Waals surface area contributed by atoms with Crippen LogP contribution in [-0.4, -0.2) is 25.2 Å². The largest absolute Gasteiger partial charge is 0.505 e. The molecule has 0 aliphatic rings. The monoisotopic (exact) mass is 283 g/mol. The van der Waals surface area contributed by atoms with E-state index in [0.717, 1.165) is 6.07 Å². The van der Waals surface area contributed by atoms with Crippen LogP contribution in [0.15, 0.2) is 34.3 Å². The fraction of sp³-hybridized carbons (Fsp3) is 0.0909. The molecule has 0 heterocycles. The van der Waals surface area contributed by atoms with Crippen molar-refractivity contribution in [3.8, 4) is 11.5 Å². The van der Waals surface area contributed by atoms with Gasteiger partial charge in [-0.2, -0.15) is 8.42 Å². The van der Waals surface area contributed by atoms with E-state index >= 15 is 0 Å². The first-order valence-corrected chi connectivity index (χ1v) is 6.47. The SMILES string of the molecule is COc1cccc2c(S(=O)(=O)O)cc(N=O)c(O)c12. The van der Waals surface area contributed by atoms with E-state index in [4.69, 9.17) is 9.29 Å². The van der Waals surface area contributed by atoms with Gasteiger partial charge < -0.3 is 9.84 Å². The third-order valence-corrected chi connectivity index (χ3v) is 3.53. The van der Waals surface area contributed by atoms with E-state index in [9.17, 15) is 18.4 Å². The number of aromatic hydroxyl groups is 1. The summed E-state index contributed by atoms with van der Waals surface area (Å²) in [6, 6.07) is 5.14. The molecule has 0 saturated carbocycles. The van der Waals surface area contributed by atoms with E-state index in [1.54, 1.807) is 0 Å². The van der Waals surface area contributed by atoms with Crippen molar-refractivity contribution in [1.82, 2.24) is 0 Å². The molecule has 0 aromatic heterocycles. The van der Waals surface area contributed by atoms with Gasteiger partial charge in [0.15, 0.2) is 11.4 Å². The number of nitrogens with zero attached hydrogens (tertiary/aromatic N) is 1. The van der Waals surface area contributed by atoms with Gasteiger partial charge in [0.2, 0.25) is 0 Å². The van der Waals surface area contributed by atoms with Gasteiger partial charge in [-0.05, 0) is 17.3 Å². The summed E-state index contributed by atoms with van der Waals surface area (Å²) in [4.78, 5) is 10.1. The lowest BCUT2D eigenvalue weighted by atomic mass is 10.1. The highest BCUT2D eigenvalue weighted by Gasteiger charge is 2.22. The molecule has 2 aromatic carbocycles. The van der Waals surface area contributed by atoms with Gasteiger partial charge in [0.05, 0.1) is 12.5 Å². The third-order valence-electron chi connectivity index (χ3n) is 2.64. The van der Waals surface area contributed by atoms with E-state index in [-0.39, 0.29) is 16.5 Å². The van der Waals surface area contributed by atoms with Gasteiger partial charge >= 0.3 is 0 Å². The van der Waals surface area contributed by atoms with E-state index in [2.05, 4.69) is 5.18 Å². The van der Waals surface area contributed by atoms with Crippen molar-refractivity contribution in [3.63, 3.8) is 0 Å². The summed E-state index contributed by atoms with van der Waals surface area (Å²) in [6.07, 6.45) is 0. The lowest BCUT2D eigenvalue weighted by Crippen LogP contribution is -2.00. The number of benzene rings is 2. The molecule has 0 unspecified atom stereocenters. The Kier molecular flexibility index (Phi) is 3.13. The number of nitroso groups, excluding NO2 is 1. The molecule has 0 atom stereocenters. The van der Waals surface area contributed by atoms with E-state index in [1.807, 2.05) is 0 Å². The van der Waals surface area contributed by atoms with Gasteiger partial charge in [-0.3, -0.25) is 4.55 Å². The first-order valence-electron chi connectivity index (χ1n) is 5.03. The van der Waals surface area contributed by atoms with Gasteiger partial charge in [-0.15, -0.1) is 4.91 Å². The average Bonchev–Trinajstić information content (AvgIpc) is 2.37. The highest BCUT2D eigenvalue weighted by Crippen LogP contribution is 2.43. The summed E-state index contributed by atoms with van der Waals surface area (Å²) < 4.78 is 36.8. The van der Waals surface area contributed by atoms with Gasteiger partial charge in [-0.25, -0.2) is 0 Å². The van der Waals surface area contributed by atoms with Crippen molar-refractivity contribution < 1.29 is 22.8 Å². The zero-order valence-corrected chi connectivity index (χ0v) is 10.5. The summed E-state index contributed by atoms with van der Waals surface area (Å²) >= 11 is 0. The molecule has 0 amide bonds. The number of hydrogen-bond donors (Lipinski definition) is 2. The minimum Gasteiger partial charge on any atom is -0.505 e. The lowest BCUT2D eigenvalue weighted by Gasteiger charge is -2.10. The molecule has 0 aliphatic carbocycles. The Bertz CT molecular complexity index is 768. The molecular weight excluding hydrogens is 274 g/mol. The molecule has 0 bridgehead atoms. The minimum atomic E-state index is -4.57. The average molecular weight is 283 g/mol. The third kappa shape index (κ3) is 2.11. The lowest BCUT2D eigenvalue weighted by molar-refractivity contribution is 0.416. The number of hydrogen-bond acceptors (Lipinski definition) is 6. The highest BCUT2D eigenvalue weighted by atomic mass is 32.2. The van der Waals surface area contributed by atoms with Crippen LogP contribution in [0.4, 0.5) is 5.69 Å². The Labute approximate surface area is 108 Å². The summed E-state index contributed by atoms with van der Waals surface area (Å²) in [5.74, 6) is -0.347. The molecule has 8 heteroatoms. The van der Waals surface area contributed by atoms with Crippen molar-refractivity contribution in [3.05, 3.63) is 29.2 Å². The van der Waals surface area contributed by atoms with Crippen molar-refractivity contribution in [2.45, 2.75) is 4.90 Å². The molecule has 0 aliphatic heterocycles. The van der Waals surface area contributed by atoms with Crippen molar-refractivity contribution >= 4 is 26.6 Å². The van der Waals surface area contributed by atoms with Gasteiger partial charge in [-0.1, -0.05) is 12.1 Å². The molecule has 7 nitrogen and oxygen atoms in total. The Balaban J connectivity index is 3.08. The second kappa shape index (κ2) is 4.48. The Morgan fingerprint density at radius 3 is 2.53 bits per heavy atom. The molecule has 0 fully saturated rings. The smallest absolute Gasteiger partial charge is 0.295 e. The van der Waals surface area contributed by atoms with Crippen molar-refractivity contribution in [2.24, 2.45) is 5.18 Å². The second-order valence-corrected chi connectivity index (χ2v) is 5.08. The molecule has 0 saturated heterocycles. The number of phenols is 1. The van der Waals surface area contributed by atoms with Crippen LogP contribution in [0.3, 0.4) is 0 Å². The van der Waals surface area contributed by atoms with E-state index in [1.165, 1.54) is 25.3 Å². The zero-order chi connectivity index (χ0) is 14.2. The molecule has 0 radical (unpaired) electrons. The second-order valence-electron chi connectivity index (χ2n) is 3.69. The number of phenolic OH excluding ortho intramolecular Hbond substituents is 1. The van der Waals surface area contributed by atoms with Gasteiger partial charge in [0.25, 0.3) is 10.1 Å². The van der Waals surface area contributed by atoms with Crippen LogP contribution < -0.4 is 4.74 Å². The van der Waals surface area contributed by atoms with Gasteiger partial charge in [0.1, 0.15) is 10.6 Å². The van der Waals surface area contributed by atoms with Crippen LogP contribution in [0, 0.1) is 4.91 Å².